The molecule has 1 aliphatic heterocycles. The summed E-state index contributed by atoms with van der Waals surface area (Å²) in [5.74, 6) is 0. The maximum atomic E-state index is 9.90. The zero-order chi connectivity index (χ0) is 41.9. The van der Waals surface area contributed by atoms with E-state index in [1.54, 1.807) is 12.1 Å². The Balaban J connectivity index is 1.49. The quantitative estimate of drug-likeness (QED) is 0.143. The van der Waals surface area contributed by atoms with Crippen LogP contribution in [0.5, 0.6) is 0 Å². The van der Waals surface area contributed by atoms with Gasteiger partial charge in [0.1, 0.15) is 8.22 Å². The normalized spacial score (nSPS) is 13.0. The number of hydrogen-bond donors (Lipinski definition) is 1. The van der Waals surface area contributed by atoms with E-state index in [0.29, 0.717) is 22.3 Å². The van der Waals surface area contributed by atoms with Crippen LogP contribution in [0.1, 0.15) is 44.5 Å². The van der Waals surface area contributed by atoms with Gasteiger partial charge in [-0.25, -0.2) is 0 Å². The molecule has 7 aromatic rings. The summed E-state index contributed by atoms with van der Waals surface area (Å²) in [6.45, 7) is 8.47. The van der Waals surface area contributed by atoms with Gasteiger partial charge >= 0.3 is 0 Å². The lowest BCUT2D eigenvalue weighted by Crippen LogP contribution is -2.23. The van der Waals surface area contributed by atoms with Gasteiger partial charge in [-0.2, -0.15) is 21.0 Å². The van der Waals surface area contributed by atoms with Crippen LogP contribution in [0.25, 0.3) is 0 Å². The van der Waals surface area contributed by atoms with Gasteiger partial charge in [0.25, 0.3) is 0 Å². The Morgan fingerprint density at radius 1 is 0.517 bits per heavy atom. The fourth-order valence-electron chi connectivity index (χ4n) is 7.59. The fraction of sp³-hybridized carbons (Fsp3) is 0.0800. The molecule has 0 aliphatic carbocycles. The zero-order valence-electron chi connectivity index (χ0n) is 33.4. The number of nitrogens with zero attached hydrogens (tertiary/aromatic N) is 7. The number of hydrogen-bond acceptors (Lipinski definition) is 8. The number of nitriles is 4. The van der Waals surface area contributed by atoms with Crippen LogP contribution in [0.4, 0.5) is 45.5 Å². The molecule has 1 N–H and O–H groups in total. The van der Waals surface area contributed by atoms with Crippen molar-refractivity contribution in [2.75, 3.05) is 19.3 Å². The van der Waals surface area contributed by atoms with Crippen LogP contribution >= 0.6 is 17.0 Å². The third kappa shape index (κ3) is 7.88. The van der Waals surface area contributed by atoms with Crippen molar-refractivity contribution < 1.29 is 0 Å². The first-order valence-electron chi connectivity index (χ1n) is 19.2. The predicted octanol–water partition coefficient (Wildman–Crippen LogP) is 12.1. The number of anilines is 8. The molecule has 60 heavy (non-hydrogen) atoms. The maximum Gasteiger partial charge on any atom is 0.138 e. The van der Waals surface area contributed by atoms with E-state index in [1.807, 2.05) is 84.9 Å². The Hall–Kier alpha value is -7.44. The molecule has 0 bridgehead atoms. The molecule has 0 amide bonds. The number of aryl methyl sites for hydroxylation is 4. The number of benzene rings is 7. The second kappa shape index (κ2) is 16.8. The molecule has 0 radical (unpaired) electrons. The van der Waals surface area contributed by atoms with E-state index in [1.165, 1.54) is 0 Å². The highest BCUT2D eigenvalue weighted by molar-refractivity contribution is 7.70. The topological polar surface area (TPSA) is 117 Å². The average Bonchev–Trinajstić information content (AvgIpc) is 3.61. The Labute approximate surface area is 354 Å². The van der Waals surface area contributed by atoms with E-state index >= 15 is 0 Å². The smallest absolute Gasteiger partial charge is 0.138 e. The van der Waals surface area contributed by atoms with Crippen molar-refractivity contribution in [1.29, 1.82) is 21.0 Å². The second-order valence-corrected chi connectivity index (χ2v) is 17.8. The van der Waals surface area contributed by atoms with Crippen molar-refractivity contribution in [2.24, 2.45) is 0 Å². The van der Waals surface area contributed by atoms with E-state index in [2.05, 4.69) is 120 Å². The van der Waals surface area contributed by atoms with Crippen LogP contribution in [-0.4, -0.2) is 0 Å². The molecule has 0 saturated heterocycles. The third-order valence-electron chi connectivity index (χ3n) is 10.1. The largest absolute Gasteiger partial charge is 0.354 e. The summed E-state index contributed by atoms with van der Waals surface area (Å²) >= 11 is 0. The van der Waals surface area contributed by atoms with Gasteiger partial charge in [-0.1, -0.05) is 46.5 Å². The summed E-state index contributed by atoms with van der Waals surface area (Å²) < 4.78 is 7.15. The highest BCUT2D eigenvalue weighted by Crippen LogP contribution is 2.69. The second-order valence-electron chi connectivity index (χ2n) is 14.7. The molecule has 0 aromatic heterocycles. The van der Waals surface area contributed by atoms with Gasteiger partial charge in [0.15, 0.2) is 0 Å². The summed E-state index contributed by atoms with van der Waals surface area (Å²) in [5.41, 5.74) is 14.0. The van der Waals surface area contributed by atoms with Gasteiger partial charge in [0.05, 0.1) is 69.3 Å². The van der Waals surface area contributed by atoms with Crippen LogP contribution in [-0.2, 0) is 0 Å². The van der Waals surface area contributed by atoms with Gasteiger partial charge in [-0.05, 0) is 154 Å². The summed E-state index contributed by atoms with van der Waals surface area (Å²) in [6.07, 6.45) is 0. The first kappa shape index (κ1) is 39.4. The van der Waals surface area contributed by atoms with Crippen molar-refractivity contribution >= 4 is 73.1 Å². The van der Waals surface area contributed by atoms with E-state index in [-0.39, 0.29) is 8.73 Å². The lowest BCUT2D eigenvalue weighted by molar-refractivity contribution is 1.35. The number of fused-ring (bicyclic) bond motifs is 1. The van der Waals surface area contributed by atoms with Crippen molar-refractivity contribution in [3.05, 3.63) is 190 Å². The Kier molecular flexibility index (Phi) is 11.0. The number of rotatable bonds is 9. The van der Waals surface area contributed by atoms with E-state index < -0.39 is 8.22 Å². The molecule has 8 nitrogen and oxygen atoms in total. The van der Waals surface area contributed by atoms with Crippen LogP contribution in [0.15, 0.2) is 146 Å². The molecule has 0 saturated carbocycles. The van der Waals surface area contributed by atoms with E-state index in [9.17, 15) is 21.0 Å². The predicted molar refractivity (Wildman–Crippen MR) is 247 cm³/mol. The molecule has 10 heteroatoms. The molecular weight excluding hydrogens is 775 g/mol. The molecule has 7 aromatic carbocycles. The minimum Gasteiger partial charge on any atom is -0.354 e. The van der Waals surface area contributed by atoms with Crippen LogP contribution < -0.4 is 29.9 Å². The summed E-state index contributed by atoms with van der Waals surface area (Å²) in [4.78, 5) is 0. The Morgan fingerprint density at radius 3 is 1.47 bits per heavy atom. The lowest BCUT2D eigenvalue weighted by Gasteiger charge is -2.35. The van der Waals surface area contributed by atoms with Crippen molar-refractivity contribution in [1.82, 2.24) is 0 Å². The van der Waals surface area contributed by atoms with E-state index in [4.69, 9.17) is 0 Å². The minimum atomic E-state index is -1.40. The first-order valence-corrected chi connectivity index (χ1v) is 21.4. The van der Waals surface area contributed by atoms with Gasteiger partial charge in [-0.15, -0.1) is 0 Å². The van der Waals surface area contributed by atoms with Gasteiger partial charge in [-0.3, -0.25) is 9.34 Å². The highest BCUT2D eigenvalue weighted by Gasteiger charge is 2.43. The molecule has 0 spiro atoms. The summed E-state index contributed by atoms with van der Waals surface area (Å²) in [6, 6.07) is 57.4. The van der Waals surface area contributed by atoms with E-state index in [0.717, 1.165) is 78.4 Å². The SMILES string of the molecule is Cc1cc(C)cc(PN(c2ccc(C#N)cc2)c2c(Nc3ccc(C#N)cc3)ccc3c2N(c2ccc(C#N)cc2)P(c2cc(C)cc(C)c2)N3c2ccc(C#N)cc2)c1. The Bertz CT molecular complexity index is 2880. The molecule has 8 rings (SSSR count). The average molecular weight is 813 g/mol. The fourth-order valence-corrected chi connectivity index (χ4v) is 11.8. The monoisotopic (exact) mass is 812 g/mol. The Morgan fingerprint density at radius 2 is 0.967 bits per heavy atom. The molecule has 0 fully saturated rings. The van der Waals surface area contributed by atoms with Crippen LogP contribution in [0.3, 0.4) is 0 Å². The maximum absolute atomic E-state index is 9.90. The summed E-state index contributed by atoms with van der Waals surface area (Å²) in [5, 5.41) is 45.2. The van der Waals surface area contributed by atoms with Crippen LogP contribution in [0.2, 0.25) is 0 Å². The molecule has 288 valence electrons. The van der Waals surface area contributed by atoms with Crippen molar-refractivity contribution in [2.45, 2.75) is 27.7 Å². The van der Waals surface area contributed by atoms with Gasteiger partial charge in [0.2, 0.25) is 0 Å². The molecule has 2 atom stereocenters. The van der Waals surface area contributed by atoms with Crippen molar-refractivity contribution in [3.8, 4) is 24.3 Å². The molecule has 1 heterocycles. The minimum absolute atomic E-state index is 0.126. The van der Waals surface area contributed by atoms with Gasteiger partial charge < -0.3 is 9.99 Å². The first-order chi connectivity index (χ1) is 29.2. The highest BCUT2D eigenvalue weighted by atomic mass is 31.1. The molecule has 2 unspecified atom stereocenters. The van der Waals surface area contributed by atoms with Crippen LogP contribution in [0, 0.1) is 73.0 Å². The molecule has 1 aliphatic rings. The number of nitrogens with one attached hydrogen (secondary N) is 1. The third-order valence-corrected chi connectivity index (χ3v) is 13.7. The zero-order valence-corrected chi connectivity index (χ0v) is 35.3. The summed E-state index contributed by atoms with van der Waals surface area (Å²) in [7, 11) is -1.28. The molecular formula is C50H38N8P2. The van der Waals surface area contributed by atoms with Crippen molar-refractivity contribution in [3.63, 3.8) is 0 Å². The standard InChI is InChI=1S/C50H38N8P2/c1-33-23-34(2)26-45(25-33)59-56(42-15-7-38(30-52)8-16-42)49-47(55-41-13-5-37(29-51)6-14-41)21-22-48-50(49)58(44-19-11-40(32-54)12-20-44)60(46-27-35(3)24-36(4)28-46)57(48)43-17-9-39(31-53)10-18-43/h5-28,55,59H,1-4H3. The van der Waals surface area contributed by atoms with Gasteiger partial charge in [0, 0.05) is 36.8 Å². The lowest BCUT2D eigenvalue weighted by atomic mass is 10.1.